The van der Waals surface area contributed by atoms with Crippen LogP contribution in [0.2, 0.25) is 0 Å². The Morgan fingerprint density at radius 2 is 1.96 bits per heavy atom. The number of thioether (sulfide) groups is 1. The number of nitrogens with one attached hydrogen (secondary N) is 1. The topological polar surface area (TPSA) is 67.2 Å². The third-order valence-electron chi connectivity index (χ3n) is 3.26. The minimum Gasteiger partial charge on any atom is -0.300 e. The highest BCUT2D eigenvalue weighted by Crippen LogP contribution is 2.29. The van der Waals surface area contributed by atoms with Crippen molar-refractivity contribution in [3.05, 3.63) is 45.3 Å². The summed E-state index contributed by atoms with van der Waals surface area (Å²) in [5.74, 6) is 0.359. The van der Waals surface area contributed by atoms with Gasteiger partial charge in [0.2, 0.25) is 5.13 Å². The Bertz CT molecular complexity index is 791. The maximum Gasteiger partial charge on any atom is 0.264 e. The number of nitrogens with zero attached hydrogens (tertiary/aromatic N) is 3. The normalized spacial score (nSPS) is 18.2. The summed E-state index contributed by atoms with van der Waals surface area (Å²) in [4.78, 5) is 17.0. The summed E-state index contributed by atoms with van der Waals surface area (Å²) in [5.41, 5.74) is 2.28. The van der Waals surface area contributed by atoms with Gasteiger partial charge in [-0.25, -0.2) is 0 Å². The molecule has 0 saturated carbocycles. The Kier molecular flexibility index (Phi) is 4.58. The molecular formula is C16H16N4OS2. The minimum atomic E-state index is -0.136. The Hall–Kier alpha value is -1.99. The minimum absolute atomic E-state index is 0.136. The summed E-state index contributed by atoms with van der Waals surface area (Å²) in [6, 6.07) is 8.24. The van der Waals surface area contributed by atoms with Crippen LogP contribution in [0.25, 0.3) is 6.08 Å². The first kappa shape index (κ1) is 15.9. The van der Waals surface area contributed by atoms with E-state index in [2.05, 4.69) is 46.5 Å². The molecule has 0 spiro atoms. The molecule has 1 aromatic carbocycles. The number of amides is 1. The lowest BCUT2D eigenvalue weighted by atomic mass is 10.0. The van der Waals surface area contributed by atoms with Crippen LogP contribution in [-0.2, 0) is 4.79 Å². The molecule has 1 fully saturated rings. The van der Waals surface area contributed by atoms with Crippen molar-refractivity contribution in [3.8, 4) is 0 Å². The van der Waals surface area contributed by atoms with E-state index < -0.39 is 0 Å². The first-order valence-electron chi connectivity index (χ1n) is 7.21. The molecule has 1 N–H and O–H groups in total. The largest absolute Gasteiger partial charge is 0.300 e. The van der Waals surface area contributed by atoms with Gasteiger partial charge in [-0.05, 0) is 41.8 Å². The van der Waals surface area contributed by atoms with Crippen LogP contribution in [0.15, 0.2) is 34.2 Å². The third kappa shape index (κ3) is 3.86. The smallest absolute Gasteiger partial charge is 0.264 e. The molecule has 1 aromatic heterocycles. The Morgan fingerprint density at radius 3 is 2.57 bits per heavy atom. The van der Waals surface area contributed by atoms with Gasteiger partial charge in [-0.3, -0.25) is 4.79 Å². The molecule has 5 nitrogen and oxygen atoms in total. The number of carbonyl (C=O) groups is 1. The molecule has 1 aliphatic heterocycles. The van der Waals surface area contributed by atoms with E-state index in [1.807, 2.05) is 25.1 Å². The monoisotopic (exact) mass is 344 g/mol. The zero-order valence-corrected chi connectivity index (χ0v) is 14.7. The van der Waals surface area contributed by atoms with Gasteiger partial charge in [0.25, 0.3) is 5.91 Å². The number of hydrogen-bond donors (Lipinski definition) is 1. The van der Waals surface area contributed by atoms with E-state index in [1.165, 1.54) is 28.7 Å². The lowest BCUT2D eigenvalue weighted by molar-refractivity contribution is -0.115. The highest BCUT2D eigenvalue weighted by Gasteiger charge is 2.24. The summed E-state index contributed by atoms with van der Waals surface area (Å²) >= 11 is 2.71. The number of amidine groups is 1. The molecule has 1 amide bonds. The van der Waals surface area contributed by atoms with Gasteiger partial charge >= 0.3 is 0 Å². The van der Waals surface area contributed by atoms with Crippen LogP contribution in [0.1, 0.15) is 35.9 Å². The SMILES string of the molecule is Cc1nnc(N=C2NC(=O)/C(=C/c3ccc(C(C)C)cc3)S2)s1. The van der Waals surface area contributed by atoms with Crippen LogP contribution in [-0.4, -0.2) is 21.3 Å². The van der Waals surface area contributed by atoms with Gasteiger partial charge in [-0.1, -0.05) is 49.4 Å². The lowest BCUT2D eigenvalue weighted by Crippen LogP contribution is -2.19. The van der Waals surface area contributed by atoms with Crippen LogP contribution in [0.4, 0.5) is 5.13 Å². The van der Waals surface area contributed by atoms with Crippen molar-refractivity contribution < 1.29 is 4.79 Å². The highest BCUT2D eigenvalue weighted by atomic mass is 32.2. The maximum absolute atomic E-state index is 12.0. The van der Waals surface area contributed by atoms with Gasteiger partial charge in [0.15, 0.2) is 5.17 Å². The van der Waals surface area contributed by atoms with E-state index in [4.69, 9.17) is 0 Å². The second-order valence-electron chi connectivity index (χ2n) is 5.41. The Morgan fingerprint density at radius 1 is 1.22 bits per heavy atom. The van der Waals surface area contributed by atoms with E-state index >= 15 is 0 Å². The van der Waals surface area contributed by atoms with Crippen molar-refractivity contribution in [2.24, 2.45) is 4.99 Å². The molecular weight excluding hydrogens is 328 g/mol. The molecule has 0 aliphatic carbocycles. The number of carbonyl (C=O) groups excluding carboxylic acids is 1. The fourth-order valence-electron chi connectivity index (χ4n) is 2.03. The number of aryl methyl sites for hydroxylation is 1. The lowest BCUT2D eigenvalue weighted by Gasteiger charge is -2.04. The van der Waals surface area contributed by atoms with Crippen molar-refractivity contribution >= 4 is 45.4 Å². The number of rotatable bonds is 3. The zero-order valence-electron chi connectivity index (χ0n) is 13.0. The van der Waals surface area contributed by atoms with Crippen LogP contribution in [0, 0.1) is 6.92 Å². The first-order valence-corrected chi connectivity index (χ1v) is 8.84. The molecule has 0 bridgehead atoms. The molecule has 1 saturated heterocycles. The summed E-state index contributed by atoms with van der Waals surface area (Å²) in [7, 11) is 0. The second kappa shape index (κ2) is 6.64. The zero-order chi connectivity index (χ0) is 16.4. The number of aliphatic imine (C=N–C) groups is 1. The van der Waals surface area contributed by atoms with Crippen molar-refractivity contribution in [2.75, 3.05) is 0 Å². The average Bonchev–Trinajstić information content (AvgIpc) is 3.06. The molecule has 0 atom stereocenters. The van der Waals surface area contributed by atoms with Crippen molar-refractivity contribution in [2.45, 2.75) is 26.7 Å². The fourth-order valence-corrected chi connectivity index (χ4v) is 3.47. The van der Waals surface area contributed by atoms with Gasteiger partial charge in [0.05, 0.1) is 4.91 Å². The first-order chi connectivity index (χ1) is 11.0. The van der Waals surface area contributed by atoms with E-state index in [9.17, 15) is 4.79 Å². The molecule has 0 radical (unpaired) electrons. The fraction of sp³-hybridized carbons (Fsp3) is 0.250. The van der Waals surface area contributed by atoms with Gasteiger partial charge in [-0.15, -0.1) is 10.2 Å². The van der Waals surface area contributed by atoms with E-state index in [0.717, 1.165) is 10.6 Å². The van der Waals surface area contributed by atoms with Crippen LogP contribution < -0.4 is 5.32 Å². The second-order valence-corrected chi connectivity index (χ2v) is 7.60. The number of benzene rings is 1. The molecule has 23 heavy (non-hydrogen) atoms. The number of aromatic nitrogens is 2. The standard InChI is InChI=1S/C16H16N4OS2/c1-9(2)12-6-4-11(5-7-12)8-13-14(21)17-15(23-13)18-16-20-19-10(3)22-16/h4-9H,1-3H3,(H,17,18,20,21)/b13-8-. The van der Waals surface area contributed by atoms with Gasteiger partial charge in [-0.2, -0.15) is 4.99 Å². The molecule has 1 aliphatic rings. The van der Waals surface area contributed by atoms with Crippen LogP contribution in [0.3, 0.4) is 0 Å². The molecule has 2 aromatic rings. The number of hydrogen-bond acceptors (Lipinski definition) is 6. The summed E-state index contributed by atoms with van der Waals surface area (Å²) in [5, 5.41) is 12.5. The highest BCUT2D eigenvalue weighted by molar-refractivity contribution is 8.18. The third-order valence-corrected chi connectivity index (χ3v) is 4.91. The summed E-state index contributed by atoms with van der Waals surface area (Å²) < 4.78 is 0. The molecule has 3 rings (SSSR count). The Labute approximate surface area is 142 Å². The van der Waals surface area contributed by atoms with Crippen molar-refractivity contribution in [1.29, 1.82) is 0 Å². The molecule has 0 unspecified atom stereocenters. The van der Waals surface area contributed by atoms with E-state index in [0.29, 0.717) is 21.1 Å². The van der Waals surface area contributed by atoms with E-state index in [1.54, 1.807) is 0 Å². The van der Waals surface area contributed by atoms with Crippen LogP contribution >= 0.6 is 23.1 Å². The van der Waals surface area contributed by atoms with Gasteiger partial charge < -0.3 is 5.32 Å². The summed E-state index contributed by atoms with van der Waals surface area (Å²) in [6.07, 6.45) is 1.87. The van der Waals surface area contributed by atoms with Gasteiger partial charge in [0.1, 0.15) is 5.01 Å². The summed E-state index contributed by atoms with van der Waals surface area (Å²) in [6.45, 7) is 6.19. The Balaban J connectivity index is 1.78. The molecule has 7 heteroatoms. The maximum atomic E-state index is 12.0. The average molecular weight is 344 g/mol. The molecule has 2 heterocycles. The van der Waals surface area contributed by atoms with Crippen molar-refractivity contribution in [1.82, 2.24) is 15.5 Å². The molecule has 118 valence electrons. The van der Waals surface area contributed by atoms with Crippen LogP contribution in [0.5, 0.6) is 0 Å². The van der Waals surface area contributed by atoms with Gasteiger partial charge in [0, 0.05) is 0 Å². The van der Waals surface area contributed by atoms with E-state index in [-0.39, 0.29) is 5.91 Å². The predicted octanol–water partition coefficient (Wildman–Crippen LogP) is 3.86. The quantitative estimate of drug-likeness (QED) is 0.859. The predicted molar refractivity (Wildman–Crippen MR) is 96.0 cm³/mol. The van der Waals surface area contributed by atoms with Crippen molar-refractivity contribution in [3.63, 3.8) is 0 Å².